The first kappa shape index (κ1) is 25.1. The van der Waals surface area contributed by atoms with E-state index in [2.05, 4.69) is 119 Å². The molecule has 3 nitrogen and oxygen atoms in total. The number of benzene rings is 4. The zero-order valence-corrected chi connectivity index (χ0v) is 22.8. The van der Waals surface area contributed by atoms with Gasteiger partial charge in [0.2, 0.25) is 0 Å². The van der Waals surface area contributed by atoms with Gasteiger partial charge in [0.05, 0.1) is 0 Å². The van der Waals surface area contributed by atoms with Crippen LogP contribution in [0.25, 0.3) is 10.8 Å². The minimum absolute atomic E-state index is 0.103. The molecule has 0 amide bonds. The van der Waals surface area contributed by atoms with Gasteiger partial charge in [0.25, 0.3) is 0 Å². The van der Waals surface area contributed by atoms with E-state index in [0.29, 0.717) is 11.9 Å². The van der Waals surface area contributed by atoms with E-state index >= 15 is 0 Å². The van der Waals surface area contributed by atoms with Crippen LogP contribution < -0.4 is 11.1 Å². The van der Waals surface area contributed by atoms with E-state index in [1.54, 1.807) is 0 Å². The van der Waals surface area contributed by atoms with E-state index in [4.69, 9.17) is 10.7 Å². The summed E-state index contributed by atoms with van der Waals surface area (Å²) in [6.45, 7) is 11.2. The molecule has 0 bridgehead atoms. The monoisotopic (exact) mass is 489 g/mol. The maximum Gasteiger partial charge on any atom is 0.194 e. The first-order valence-corrected chi connectivity index (χ1v) is 13.6. The maximum absolute atomic E-state index is 6.60. The van der Waals surface area contributed by atoms with Gasteiger partial charge in [0.1, 0.15) is 6.04 Å². The third kappa shape index (κ3) is 5.13. The average molecular weight is 490 g/mol. The number of nitrogens with two attached hydrogens (primary N) is 1. The number of guanidine groups is 1. The quantitative estimate of drug-likeness (QED) is 0.211. The number of rotatable bonds is 6. The Labute approximate surface area is 221 Å². The molecule has 2 atom stereocenters. The van der Waals surface area contributed by atoms with E-state index < -0.39 is 0 Å². The van der Waals surface area contributed by atoms with Crippen molar-refractivity contribution in [1.29, 1.82) is 0 Å². The van der Waals surface area contributed by atoms with Crippen LogP contribution in [0.15, 0.2) is 83.9 Å². The highest BCUT2D eigenvalue weighted by Crippen LogP contribution is 2.35. The second-order valence-electron chi connectivity index (χ2n) is 11.5. The molecule has 0 aromatic heterocycles. The van der Waals surface area contributed by atoms with Crippen molar-refractivity contribution in [2.24, 2.45) is 10.7 Å². The van der Waals surface area contributed by atoms with E-state index in [1.807, 2.05) is 0 Å². The third-order valence-electron chi connectivity index (χ3n) is 7.93. The van der Waals surface area contributed by atoms with Crippen LogP contribution in [0.4, 0.5) is 5.69 Å². The molecule has 0 heterocycles. The fourth-order valence-electron chi connectivity index (χ4n) is 5.41. The number of nitrogens with one attached hydrogen (secondary N) is 1. The van der Waals surface area contributed by atoms with Crippen molar-refractivity contribution in [3.05, 3.63) is 112 Å². The van der Waals surface area contributed by atoms with E-state index in [9.17, 15) is 0 Å². The number of aryl methyl sites for hydroxylation is 2. The predicted octanol–water partition coefficient (Wildman–Crippen LogP) is 8.27. The lowest BCUT2D eigenvalue weighted by Crippen LogP contribution is -2.24. The fraction of sp³-hybridized carbons (Fsp3) is 0.324. The normalized spacial score (nSPS) is 15.1. The number of nitrogens with zero attached hydrogens (tertiary/aromatic N) is 1. The van der Waals surface area contributed by atoms with E-state index in [-0.39, 0.29) is 11.5 Å². The molecule has 0 fully saturated rings. The molecule has 37 heavy (non-hydrogen) atoms. The largest absolute Gasteiger partial charge is 0.370 e. The van der Waals surface area contributed by atoms with Crippen molar-refractivity contribution < 1.29 is 0 Å². The van der Waals surface area contributed by atoms with Crippen LogP contribution in [0.5, 0.6) is 0 Å². The summed E-state index contributed by atoms with van der Waals surface area (Å²) < 4.78 is 0. The predicted molar refractivity (Wildman–Crippen MR) is 159 cm³/mol. The van der Waals surface area contributed by atoms with Gasteiger partial charge in [-0.05, 0) is 75.4 Å². The summed E-state index contributed by atoms with van der Waals surface area (Å²) >= 11 is 0. The number of anilines is 1. The van der Waals surface area contributed by atoms with Crippen molar-refractivity contribution in [1.82, 2.24) is 0 Å². The Bertz CT molecular complexity index is 1410. The minimum Gasteiger partial charge on any atom is -0.370 e. The molecule has 1 aliphatic rings. The summed E-state index contributed by atoms with van der Waals surface area (Å²) in [6, 6.07) is 28.5. The Hall–Kier alpha value is -3.59. The van der Waals surface area contributed by atoms with Gasteiger partial charge in [-0.3, -0.25) is 0 Å². The highest BCUT2D eigenvalue weighted by atomic mass is 15.1. The topological polar surface area (TPSA) is 50.4 Å². The molecule has 4 aromatic rings. The highest BCUT2D eigenvalue weighted by Gasteiger charge is 2.19. The Morgan fingerprint density at radius 1 is 0.838 bits per heavy atom. The number of hydrogen-bond donors (Lipinski definition) is 2. The average Bonchev–Trinajstić information content (AvgIpc) is 3.33. The minimum atomic E-state index is -0.190. The zero-order chi connectivity index (χ0) is 26.2. The molecule has 190 valence electrons. The Morgan fingerprint density at radius 2 is 1.43 bits per heavy atom. The van der Waals surface area contributed by atoms with Crippen molar-refractivity contribution in [2.75, 3.05) is 5.32 Å². The lowest BCUT2D eigenvalue weighted by molar-refractivity contribution is 0.589. The summed E-state index contributed by atoms with van der Waals surface area (Å²) in [5.41, 5.74) is 15.5. The smallest absolute Gasteiger partial charge is 0.194 e. The van der Waals surface area contributed by atoms with Crippen LogP contribution in [0.2, 0.25) is 0 Å². The summed E-state index contributed by atoms with van der Waals surface area (Å²) in [4.78, 5) is 5.05. The second-order valence-corrected chi connectivity index (χ2v) is 11.5. The molecule has 1 aliphatic carbocycles. The summed E-state index contributed by atoms with van der Waals surface area (Å²) in [7, 11) is 0. The maximum atomic E-state index is 6.60. The van der Waals surface area contributed by atoms with Crippen LogP contribution in [-0.4, -0.2) is 5.96 Å². The lowest BCUT2D eigenvalue weighted by Gasteiger charge is -2.21. The van der Waals surface area contributed by atoms with Gasteiger partial charge in [-0.1, -0.05) is 107 Å². The van der Waals surface area contributed by atoms with Gasteiger partial charge in [-0.25, -0.2) is 4.99 Å². The van der Waals surface area contributed by atoms with Crippen LogP contribution in [0.3, 0.4) is 0 Å². The molecule has 2 unspecified atom stereocenters. The number of hydrogen-bond acceptors (Lipinski definition) is 1. The molecule has 5 rings (SSSR count). The van der Waals surface area contributed by atoms with Crippen LogP contribution in [0, 0.1) is 0 Å². The summed E-state index contributed by atoms with van der Waals surface area (Å²) in [5, 5.41) is 6.03. The van der Waals surface area contributed by atoms with Gasteiger partial charge in [0.15, 0.2) is 5.96 Å². The number of aliphatic imine (C=N–C) groups is 1. The summed E-state index contributed by atoms with van der Waals surface area (Å²) in [6.07, 6.45) is 3.35. The van der Waals surface area contributed by atoms with Crippen molar-refractivity contribution in [3.8, 4) is 0 Å². The molecule has 0 saturated heterocycles. The van der Waals surface area contributed by atoms with Crippen molar-refractivity contribution in [3.63, 3.8) is 0 Å². The molecule has 0 aliphatic heterocycles. The fourth-order valence-corrected chi connectivity index (χ4v) is 5.41. The Balaban J connectivity index is 1.51. The molecule has 4 aromatic carbocycles. The molecule has 0 saturated carbocycles. The van der Waals surface area contributed by atoms with Crippen molar-refractivity contribution >= 4 is 22.4 Å². The Kier molecular flexibility index (Phi) is 6.81. The van der Waals surface area contributed by atoms with Crippen LogP contribution >= 0.6 is 0 Å². The van der Waals surface area contributed by atoms with Gasteiger partial charge in [-0.15, -0.1) is 0 Å². The van der Waals surface area contributed by atoms with Gasteiger partial charge < -0.3 is 11.1 Å². The van der Waals surface area contributed by atoms with Crippen LogP contribution in [-0.2, 0) is 18.3 Å². The highest BCUT2D eigenvalue weighted by molar-refractivity contribution is 6.05. The van der Waals surface area contributed by atoms with E-state index in [1.165, 1.54) is 33.0 Å². The van der Waals surface area contributed by atoms with E-state index in [0.717, 1.165) is 36.1 Å². The molecule has 3 N–H and O–H groups in total. The standard InChI is InChI=1S/C34H39N3/c1-6-22(2)23-10-14-26(15-11-23)32(27-16-19-28(20-17-27)34(3,4)5)37-33(35)36-30-21-18-25-13-12-24-8-7-9-29(30)31(24)25/h7-11,14-22,32H,6,12-13H2,1-5H3,(H3,35,36,37). The zero-order valence-electron chi connectivity index (χ0n) is 22.8. The Morgan fingerprint density at radius 3 is 2.05 bits per heavy atom. The first-order valence-electron chi connectivity index (χ1n) is 13.6. The molecular formula is C34H39N3. The molecular weight excluding hydrogens is 450 g/mol. The molecule has 0 spiro atoms. The lowest BCUT2D eigenvalue weighted by atomic mass is 9.85. The molecule has 0 radical (unpaired) electrons. The third-order valence-corrected chi connectivity index (χ3v) is 7.93. The molecule has 3 heteroatoms. The SMILES string of the molecule is CCC(C)c1ccc(C(N=C(N)Nc2ccc3c4c(cccc24)CC3)c2ccc(C(C)(C)C)cc2)cc1. The first-order chi connectivity index (χ1) is 17.7. The second kappa shape index (κ2) is 10.0. The van der Waals surface area contributed by atoms with Crippen molar-refractivity contribution in [2.45, 2.75) is 71.3 Å². The van der Waals surface area contributed by atoms with Gasteiger partial charge >= 0.3 is 0 Å². The van der Waals surface area contributed by atoms with Gasteiger partial charge in [0, 0.05) is 11.1 Å². The van der Waals surface area contributed by atoms with Gasteiger partial charge in [-0.2, -0.15) is 0 Å². The summed E-state index contributed by atoms with van der Waals surface area (Å²) in [5.74, 6) is 0.965. The van der Waals surface area contributed by atoms with Crippen LogP contribution in [0.1, 0.15) is 86.4 Å².